The molecule has 3 heteroatoms. The summed E-state index contributed by atoms with van der Waals surface area (Å²) in [6.07, 6.45) is 0.646. The molecule has 0 heterocycles. The predicted molar refractivity (Wildman–Crippen MR) is 61.9 cm³/mol. The Morgan fingerprint density at radius 2 is 1.76 bits per heavy atom. The fraction of sp³-hybridized carbons (Fsp3) is 0.0714. The Kier molecular flexibility index (Phi) is 3.00. The van der Waals surface area contributed by atoms with Gasteiger partial charge in [0.25, 0.3) is 0 Å². The predicted octanol–water partition coefficient (Wildman–Crippen LogP) is 3.75. The van der Waals surface area contributed by atoms with Gasteiger partial charge in [0.2, 0.25) is 0 Å². The maximum absolute atomic E-state index is 13.6. The van der Waals surface area contributed by atoms with Crippen LogP contribution in [0.4, 0.5) is 8.78 Å². The summed E-state index contributed by atoms with van der Waals surface area (Å²) in [4.78, 5) is 10.9. The lowest BCUT2D eigenvalue weighted by Gasteiger charge is -2.07. The van der Waals surface area contributed by atoms with Crippen LogP contribution in [-0.2, 0) is 0 Å². The molecule has 2 aromatic rings. The molecule has 0 saturated carbocycles. The van der Waals surface area contributed by atoms with Gasteiger partial charge in [0, 0.05) is 11.1 Å². The summed E-state index contributed by atoms with van der Waals surface area (Å²) in [5, 5.41) is 0. The Labute approximate surface area is 97.7 Å². The Hall–Kier alpha value is -2.03. The number of rotatable bonds is 2. The SMILES string of the molecule is Cc1ccc(-c2cc(F)ccc2F)c(C=O)c1. The molecule has 0 radical (unpaired) electrons. The minimum absolute atomic E-state index is 0.104. The first-order chi connectivity index (χ1) is 8.11. The van der Waals surface area contributed by atoms with Crippen molar-refractivity contribution in [1.29, 1.82) is 0 Å². The molecular formula is C14H10F2O. The highest BCUT2D eigenvalue weighted by Crippen LogP contribution is 2.27. The third-order valence-electron chi connectivity index (χ3n) is 2.55. The Bertz CT molecular complexity index is 576. The number of aryl methyl sites for hydroxylation is 1. The topological polar surface area (TPSA) is 17.1 Å². The monoisotopic (exact) mass is 232 g/mol. The van der Waals surface area contributed by atoms with Crippen LogP contribution >= 0.6 is 0 Å². The van der Waals surface area contributed by atoms with Gasteiger partial charge in [0.15, 0.2) is 6.29 Å². The summed E-state index contributed by atoms with van der Waals surface area (Å²) in [6, 6.07) is 8.22. The highest BCUT2D eigenvalue weighted by atomic mass is 19.1. The second kappa shape index (κ2) is 4.45. The summed E-state index contributed by atoms with van der Waals surface area (Å²) in [5.74, 6) is -1.07. The Balaban J connectivity index is 2.67. The van der Waals surface area contributed by atoms with Crippen LogP contribution in [0.2, 0.25) is 0 Å². The third kappa shape index (κ3) is 2.23. The Morgan fingerprint density at radius 1 is 1.00 bits per heavy atom. The molecule has 0 bridgehead atoms. The van der Waals surface area contributed by atoms with Gasteiger partial charge in [-0.05, 0) is 36.8 Å². The quantitative estimate of drug-likeness (QED) is 0.720. The second-order valence-corrected chi connectivity index (χ2v) is 3.83. The zero-order valence-corrected chi connectivity index (χ0v) is 9.21. The van der Waals surface area contributed by atoms with Gasteiger partial charge >= 0.3 is 0 Å². The second-order valence-electron chi connectivity index (χ2n) is 3.83. The highest BCUT2D eigenvalue weighted by Gasteiger charge is 2.10. The number of halogens is 2. The molecule has 17 heavy (non-hydrogen) atoms. The summed E-state index contributed by atoms with van der Waals surface area (Å²) in [6.45, 7) is 1.83. The molecule has 0 aliphatic heterocycles. The molecule has 0 aliphatic carbocycles. The van der Waals surface area contributed by atoms with Gasteiger partial charge in [-0.15, -0.1) is 0 Å². The smallest absolute Gasteiger partial charge is 0.150 e. The molecule has 0 fully saturated rings. The molecule has 0 unspecified atom stereocenters. The molecule has 2 aromatic carbocycles. The van der Waals surface area contributed by atoms with E-state index in [9.17, 15) is 13.6 Å². The summed E-state index contributed by atoms with van der Waals surface area (Å²) < 4.78 is 26.7. The number of hydrogen-bond acceptors (Lipinski definition) is 1. The van der Waals surface area contributed by atoms with Gasteiger partial charge in [0.05, 0.1) is 0 Å². The summed E-state index contributed by atoms with van der Waals surface area (Å²) >= 11 is 0. The fourth-order valence-electron chi connectivity index (χ4n) is 1.73. The first kappa shape index (κ1) is 11.5. The van der Waals surface area contributed by atoms with Crippen molar-refractivity contribution in [3.05, 3.63) is 59.2 Å². The van der Waals surface area contributed by atoms with E-state index in [1.54, 1.807) is 18.2 Å². The molecular weight excluding hydrogens is 222 g/mol. The van der Waals surface area contributed by atoms with E-state index >= 15 is 0 Å². The van der Waals surface area contributed by atoms with Gasteiger partial charge in [-0.1, -0.05) is 17.7 Å². The molecule has 0 aliphatic rings. The van der Waals surface area contributed by atoms with E-state index in [4.69, 9.17) is 0 Å². The van der Waals surface area contributed by atoms with E-state index in [2.05, 4.69) is 0 Å². The van der Waals surface area contributed by atoms with Crippen molar-refractivity contribution in [2.24, 2.45) is 0 Å². The number of carbonyl (C=O) groups is 1. The first-order valence-corrected chi connectivity index (χ1v) is 5.13. The van der Waals surface area contributed by atoms with Crippen molar-refractivity contribution >= 4 is 6.29 Å². The lowest BCUT2D eigenvalue weighted by molar-refractivity contribution is 0.112. The fourth-order valence-corrected chi connectivity index (χ4v) is 1.73. The maximum atomic E-state index is 13.6. The standard InChI is InChI=1S/C14H10F2O/c1-9-2-4-12(10(6-9)8-17)13-7-11(15)3-5-14(13)16/h2-8H,1H3. The number of aldehydes is 1. The highest BCUT2D eigenvalue weighted by molar-refractivity contribution is 5.88. The normalized spacial score (nSPS) is 10.3. The minimum atomic E-state index is -0.543. The van der Waals surface area contributed by atoms with Crippen molar-refractivity contribution < 1.29 is 13.6 Å². The van der Waals surface area contributed by atoms with Gasteiger partial charge in [-0.2, -0.15) is 0 Å². The molecule has 0 aromatic heterocycles. The van der Waals surface area contributed by atoms with Crippen LogP contribution in [-0.4, -0.2) is 6.29 Å². The van der Waals surface area contributed by atoms with Crippen LogP contribution in [0.15, 0.2) is 36.4 Å². The van der Waals surface area contributed by atoms with Gasteiger partial charge in [0.1, 0.15) is 11.6 Å². The van der Waals surface area contributed by atoms with Crippen molar-refractivity contribution in [3.8, 4) is 11.1 Å². The van der Waals surface area contributed by atoms with E-state index in [0.717, 1.165) is 23.8 Å². The van der Waals surface area contributed by atoms with E-state index in [1.165, 1.54) is 0 Å². The van der Waals surface area contributed by atoms with Crippen molar-refractivity contribution in [2.45, 2.75) is 6.92 Å². The van der Waals surface area contributed by atoms with E-state index in [1.807, 2.05) is 6.92 Å². The summed E-state index contributed by atoms with van der Waals surface area (Å²) in [5.41, 5.74) is 1.76. The van der Waals surface area contributed by atoms with Crippen molar-refractivity contribution in [2.75, 3.05) is 0 Å². The number of benzene rings is 2. The van der Waals surface area contributed by atoms with Crippen molar-refractivity contribution in [1.82, 2.24) is 0 Å². The van der Waals surface area contributed by atoms with E-state index in [-0.39, 0.29) is 5.56 Å². The number of carbonyl (C=O) groups excluding carboxylic acids is 1. The Morgan fingerprint density at radius 3 is 2.47 bits per heavy atom. The van der Waals surface area contributed by atoms with Crippen LogP contribution < -0.4 is 0 Å². The summed E-state index contributed by atoms with van der Waals surface area (Å²) in [7, 11) is 0. The zero-order chi connectivity index (χ0) is 12.4. The number of hydrogen-bond donors (Lipinski definition) is 0. The van der Waals surface area contributed by atoms with Crippen LogP contribution in [0.3, 0.4) is 0 Å². The third-order valence-corrected chi connectivity index (χ3v) is 2.55. The van der Waals surface area contributed by atoms with Crippen LogP contribution in [0.1, 0.15) is 15.9 Å². The molecule has 0 spiro atoms. The first-order valence-electron chi connectivity index (χ1n) is 5.13. The maximum Gasteiger partial charge on any atom is 0.150 e. The van der Waals surface area contributed by atoms with E-state index in [0.29, 0.717) is 17.4 Å². The van der Waals surface area contributed by atoms with Crippen molar-refractivity contribution in [3.63, 3.8) is 0 Å². The lowest BCUT2D eigenvalue weighted by Crippen LogP contribution is -1.92. The lowest BCUT2D eigenvalue weighted by atomic mass is 9.98. The average molecular weight is 232 g/mol. The largest absolute Gasteiger partial charge is 0.298 e. The molecule has 0 atom stereocenters. The van der Waals surface area contributed by atoms with Crippen LogP contribution in [0, 0.1) is 18.6 Å². The van der Waals surface area contributed by atoms with E-state index < -0.39 is 11.6 Å². The molecule has 86 valence electrons. The van der Waals surface area contributed by atoms with Gasteiger partial charge in [-0.25, -0.2) is 8.78 Å². The molecule has 0 saturated heterocycles. The average Bonchev–Trinajstić information content (AvgIpc) is 2.32. The van der Waals surface area contributed by atoms with Crippen LogP contribution in [0.25, 0.3) is 11.1 Å². The molecule has 2 rings (SSSR count). The van der Waals surface area contributed by atoms with Gasteiger partial charge < -0.3 is 0 Å². The molecule has 1 nitrogen and oxygen atoms in total. The molecule has 0 N–H and O–H groups in total. The zero-order valence-electron chi connectivity index (χ0n) is 9.21. The minimum Gasteiger partial charge on any atom is -0.298 e. The van der Waals surface area contributed by atoms with Gasteiger partial charge in [-0.3, -0.25) is 4.79 Å². The molecule has 0 amide bonds. The van der Waals surface area contributed by atoms with Crippen LogP contribution in [0.5, 0.6) is 0 Å².